The molecule has 1 heterocycles. The lowest BCUT2D eigenvalue weighted by Crippen LogP contribution is -2.45. The molecule has 1 aromatic rings. The Balaban J connectivity index is 0.00000208. The van der Waals surface area contributed by atoms with Crippen LogP contribution in [0.25, 0.3) is 0 Å². The number of halogens is 1. The van der Waals surface area contributed by atoms with E-state index in [1.807, 2.05) is 31.2 Å². The van der Waals surface area contributed by atoms with E-state index in [1.165, 1.54) is 31.2 Å². The molecule has 1 aliphatic heterocycles. The predicted molar refractivity (Wildman–Crippen MR) is 98.8 cm³/mol. The molecule has 0 spiro atoms. The maximum absolute atomic E-state index is 12.4. The molecule has 0 aromatic heterocycles. The molecule has 4 unspecified atom stereocenters. The number of amides is 1. The summed E-state index contributed by atoms with van der Waals surface area (Å²) in [6.07, 6.45) is 6.06. The van der Waals surface area contributed by atoms with Gasteiger partial charge in [-0.25, -0.2) is 0 Å². The van der Waals surface area contributed by atoms with Crippen molar-refractivity contribution >= 4 is 18.3 Å². The molecule has 1 saturated heterocycles. The van der Waals surface area contributed by atoms with Crippen molar-refractivity contribution in [3.05, 3.63) is 29.8 Å². The standard InChI is InChI=1S/C19H28N2O2.ClH/c1-13-7-9-16(10-8-13)23-14(2)12-20-19(22)18-11-15-5-3-4-6-17(15)21-18;/h7-10,14-15,17-18,21H,3-6,11-12H2,1-2H3,(H,20,22);1H. The highest BCUT2D eigenvalue weighted by atomic mass is 35.5. The van der Waals surface area contributed by atoms with Crippen LogP contribution >= 0.6 is 12.4 Å². The van der Waals surface area contributed by atoms with Crippen molar-refractivity contribution in [3.8, 4) is 5.75 Å². The maximum Gasteiger partial charge on any atom is 0.237 e. The number of rotatable bonds is 5. The SMILES string of the molecule is Cc1ccc(OC(C)CNC(=O)C2CC3CCCCC3N2)cc1.Cl. The van der Waals surface area contributed by atoms with E-state index in [1.54, 1.807) is 0 Å². The number of hydrogen-bond donors (Lipinski definition) is 2. The first kappa shape index (κ1) is 19.1. The van der Waals surface area contributed by atoms with Crippen LogP contribution < -0.4 is 15.4 Å². The predicted octanol–water partition coefficient (Wildman–Crippen LogP) is 3.22. The second-order valence-electron chi connectivity index (χ2n) is 7.09. The average molecular weight is 353 g/mol. The fourth-order valence-electron chi connectivity index (χ4n) is 3.78. The van der Waals surface area contributed by atoms with Gasteiger partial charge in [-0.2, -0.15) is 0 Å². The highest BCUT2D eigenvalue weighted by molar-refractivity contribution is 5.85. The third kappa shape index (κ3) is 4.87. The molecule has 24 heavy (non-hydrogen) atoms. The molecule has 1 aromatic carbocycles. The minimum atomic E-state index is -0.0367. The first-order chi connectivity index (χ1) is 11.1. The van der Waals surface area contributed by atoms with E-state index in [2.05, 4.69) is 17.6 Å². The van der Waals surface area contributed by atoms with E-state index in [-0.39, 0.29) is 30.5 Å². The number of carbonyl (C=O) groups is 1. The molecule has 3 rings (SSSR count). The van der Waals surface area contributed by atoms with Gasteiger partial charge in [-0.1, -0.05) is 30.5 Å². The summed E-state index contributed by atoms with van der Waals surface area (Å²) < 4.78 is 5.84. The summed E-state index contributed by atoms with van der Waals surface area (Å²) in [4.78, 5) is 12.4. The number of benzene rings is 1. The Morgan fingerprint density at radius 3 is 2.71 bits per heavy atom. The Hall–Kier alpha value is -1.26. The van der Waals surface area contributed by atoms with E-state index in [9.17, 15) is 4.79 Å². The zero-order valence-corrected chi connectivity index (χ0v) is 15.4. The monoisotopic (exact) mass is 352 g/mol. The van der Waals surface area contributed by atoms with Crippen LogP contribution in [0.3, 0.4) is 0 Å². The fraction of sp³-hybridized carbons (Fsp3) is 0.632. The first-order valence-electron chi connectivity index (χ1n) is 8.89. The Morgan fingerprint density at radius 1 is 1.29 bits per heavy atom. The largest absolute Gasteiger partial charge is 0.489 e. The van der Waals surface area contributed by atoms with Crippen molar-refractivity contribution in [2.45, 2.75) is 64.1 Å². The topological polar surface area (TPSA) is 50.4 Å². The molecule has 1 aliphatic carbocycles. The molecule has 2 fully saturated rings. The Morgan fingerprint density at radius 2 is 2.00 bits per heavy atom. The molecule has 2 aliphatic rings. The Bertz CT molecular complexity index is 521. The second-order valence-corrected chi connectivity index (χ2v) is 7.09. The normalized spacial score (nSPS) is 26.8. The molecule has 2 N–H and O–H groups in total. The van der Waals surface area contributed by atoms with Gasteiger partial charge in [0.05, 0.1) is 12.6 Å². The van der Waals surface area contributed by atoms with Crippen LogP contribution in [-0.2, 0) is 4.79 Å². The lowest BCUT2D eigenvalue weighted by Gasteiger charge is -2.24. The molecule has 0 radical (unpaired) electrons. The summed E-state index contributed by atoms with van der Waals surface area (Å²) in [7, 11) is 0. The van der Waals surface area contributed by atoms with Crippen LogP contribution in [0, 0.1) is 12.8 Å². The van der Waals surface area contributed by atoms with Gasteiger partial charge in [0.2, 0.25) is 5.91 Å². The molecule has 134 valence electrons. The molecular weight excluding hydrogens is 324 g/mol. The molecule has 0 bridgehead atoms. The number of nitrogens with one attached hydrogen (secondary N) is 2. The van der Waals surface area contributed by atoms with Crippen molar-refractivity contribution in [1.82, 2.24) is 10.6 Å². The molecule has 4 nitrogen and oxygen atoms in total. The highest BCUT2D eigenvalue weighted by Crippen LogP contribution is 2.33. The van der Waals surface area contributed by atoms with Gasteiger partial charge in [-0.15, -0.1) is 12.4 Å². The van der Waals surface area contributed by atoms with Gasteiger partial charge in [0, 0.05) is 6.04 Å². The third-order valence-electron chi connectivity index (χ3n) is 5.10. The van der Waals surface area contributed by atoms with E-state index in [4.69, 9.17) is 4.74 Å². The van der Waals surface area contributed by atoms with Gasteiger partial charge in [-0.05, 0) is 51.2 Å². The zero-order chi connectivity index (χ0) is 16.2. The quantitative estimate of drug-likeness (QED) is 0.855. The van der Waals surface area contributed by atoms with Gasteiger partial charge >= 0.3 is 0 Å². The first-order valence-corrected chi connectivity index (χ1v) is 8.89. The van der Waals surface area contributed by atoms with Gasteiger partial charge < -0.3 is 15.4 Å². The fourth-order valence-corrected chi connectivity index (χ4v) is 3.78. The molecule has 5 heteroatoms. The lowest BCUT2D eigenvalue weighted by atomic mass is 9.85. The summed E-state index contributed by atoms with van der Waals surface area (Å²) >= 11 is 0. The number of hydrogen-bond acceptors (Lipinski definition) is 3. The van der Waals surface area contributed by atoms with E-state index < -0.39 is 0 Å². The van der Waals surface area contributed by atoms with Gasteiger partial charge in [0.25, 0.3) is 0 Å². The maximum atomic E-state index is 12.4. The summed E-state index contributed by atoms with van der Waals surface area (Å²) in [6, 6.07) is 8.54. The third-order valence-corrected chi connectivity index (χ3v) is 5.10. The number of aryl methyl sites for hydroxylation is 1. The minimum absolute atomic E-state index is 0. The number of carbonyl (C=O) groups excluding carboxylic acids is 1. The summed E-state index contributed by atoms with van der Waals surface area (Å²) in [5.41, 5.74) is 1.21. The van der Waals surface area contributed by atoms with Gasteiger partial charge in [-0.3, -0.25) is 4.79 Å². The molecule has 1 amide bonds. The minimum Gasteiger partial charge on any atom is -0.489 e. The number of fused-ring (bicyclic) bond motifs is 1. The molecule has 4 atom stereocenters. The van der Waals surface area contributed by atoms with Crippen LogP contribution in [0.1, 0.15) is 44.6 Å². The van der Waals surface area contributed by atoms with Crippen LogP contribution in [-0.4, -0.2) is 30.6 Å². The second kappa shape index (κ2) is 8.72. The zero-order valence-electron chi connectivity index (χ0n) is 14.6. The van der Waals surface area contributed by atoms with Gasteiger partial charge in [0.1, 0.15) is 11.9 Å². The van der Waals surface area contributed by atoms with Gasteiger partial charge in [0.15, 0.2) is 0 Å². The van der Waals surface area contributed by atoms with Crippen LogP contribution in [0.5, 0.6) is 5.75 Å². The van der Waals surface area contributed by atoms with E-state index in [0.717, 1.165) is 12.2 Å². The highest BCUT2D eigenvalue weighted by Gasteiger charge is 2.38. The average Bonchev–Trinajstić information content (AvgIpc) is 2.99. The lowest BCUT2D eigenvalue weighted by molar-refractivity contribution is -0.123. The summed E-state index contributed by atoms with van der Waals surface area (Å²) in [5.74, 6) is 1.67. The Kier molecular flexibility index (Phi) is 6.93. The smallest absolute Gasteiger partial charge is 0.237 e. The summed E-state index contributed by atoms with van der Waals surface area (Å²) in [5, 5.41) is 6.56. The van der Waals surface area contributed by atoms with Crippen LogP contribution in [0.15, 0.2) is 24.3 Å². The van der Waals surface area contributed by atoms with E-state index >= 15 is 0 Å². The van der Waals surface area contributed by atoms with E-state index in [0.29, 0.717) is 18.5 Å². The van der Waals surface area contributed by atoms with Crippen molar-refractivity contribution in [1.29, 1.82) is 0 Å². The van der Waals surface area contributed by atoms with Crippen LogP contribution in [0.2, 0.25) is 0 Å². The number of ether oxygens (including phenoxy) is 1. The van der Waals surface area contributed by atoms with Crippen molar-refractivity contribution in [2.24, 2.45) is 5.92 Å². The summed E-state index contributed by atoms with van der Waals surface area (Å²) in [6.45, 7) is 4.59. The van der Waals surface area contributed by atoms with Crippen LogP contribution in [0.4, 0.5) is 0 Å². The van der Waals surface area contributed by atoms with Crippen molar-refractivity contribution in [3.63, 3.8) is 0 Å². The molecule has 1 saturated carbocycles. The Labute approximate surface area is 151 Å². The van der Waals surface area contributed by atoms with Crippen molar-refractivity contribution in [2.75, 3.05) is 6.54 Å². The molecular formula is C19H29ClN2O2. The van der Waals surface area contributed by atoms with Crippen molar-refractivity contribution < 1.29 is 9.53 Å².